The highest BCUT2D eigenvalue weighted by Gasteiger charge is 2.22. The molecular weight excluding hydrogens is 344 g/mol. The zero-order valence-corrected chi connectivity index (χ0v) is 14.1. The molecule has 0 bridgehead atoms. The second-order valence-electron chi connectivity index (χ2n) is 5.53. The number of benzene rings is 1. The summed E-state index contributed by atoms with van der Waals surface area (Å²) in [6.07, 6.45) is 0.364. The minimum atomic E-state index is -1.06. The van der Waals surface area contributed by atoms with Crippen molar-refractivity contribution in [2.75, 3.05) is 11.9 Å². The van der Waals surface area contributed by atoms with E-state index in [0.29, 0.717) is 11.4 Å². The quantitative estimate of drug-likeness (QED) is 0.456. The van der Waals surface area contributed by atoms with E-state index in [2.05, 4.69) is 15.3 Å². The van der Waals surface area contributed by atoms with Gasteiger partial charge in [-0.3, -0.25) is 10.1 Å². The van der Waals surface area contributed by atoms with Crippen LogP contribution < -0.4 is 5.32 Å². The Labute approximate surface area is 147 Å². The van der Waals surface area contributed by atoms with Crippen molar-refractivity contribution in [1.29, 1.82) is 0 Å². The zero-order chi connectivity index (χ0) is 18.0. The number of aliphatic hydroxyl groups excluding tert-OH is 2. The third-order valence-electron chi connectivity index (χ3n) is 3.80. The van der Waals surface area contributed by atoms with Gasteiger partial charge in [0.2, 0.25) is 0 Å². The maximum Gasteiger partial charge on any atom is 0.269 e. The van der Waals surface area contributed by atoms with Gasteiger partial charge in [-0.05, 0) is 30.7 Å². The van der Waals surface area contributed by atoms with Gasteiger partial charge in [-0.25, -0.2) is 9.97 Å². The summed E-state index contributed by atoms with van der Waals surface area (Å²) in [5.74, 6) is 0.523. The Bertz CT molecular complexity index is 897. The number of aliphatic hydroxyl groups is 2. The van der Waals surface area contributed by atoms with Crippen molar-refractivity contribution in [3.05, 3.63) is 57.2 Å². The van der Waals surface area contributed by atoms with Crippen molar-refractivity contribution in [3.8, 4) is 0 Å². The monoisotopic (exact) mass is 360 g/mol. The highest BCUT2D eigenvalue weighted by molar-refractivity contribution is 7.18. The first-order valence-corrected chi connectivity index (χ1v) is 8.32. The first-order chi connectivity index (χ1) is 12.0. The lowest BCUT2D eigenvalue weighted by atomic mass is 10.0. The Morgan fingerprint density at radius 2 is 2.04 bits per heavy atom. The van der Waals surface area contributed by atoms with Gasteiger partial charge in [-0.2, -0.15) is 0 Å². The van der Waals surface area contributed by atoms with Crippen molar-refractivity contribution in [2.24, 2.45) is 0 Å². The SMILES string of the molecule is Cc1cc2c(NC(CO)C(O)c3ccc([N+](=O)[O-])cc3)ncnc2s1. The van der Waals surface area contributed by atoms with Crippen LogP contribution in [-0.4, -0.2) is 37.8 Å². The van der Waals surface area contributed by atoms with Gasteiger partial charge < -0.3 is 15.5 Å². The lowest BCUT2D eigenvalue weighted by molar-refractivity contribution is -0.384. The number of anilines is 1. The minimum absolute atomic E-state index is 0.0595. The molecule has 2 heterocycles. The summed E-state index contributed by atoms with van der Waals surface area (Å²) in [6, 6.07) is 6.79. The summed E-state index contributed by atoms with van der Waals surface area (Å²) >= 11 is 1.53. The van der Waals surface area contributed by atoms with Crippen LogP contribution in [0.5, 0.6) is 0 Å². The van der Waals surface area contributed by atoms with Gasteiger partial charge in [0.1, 0.15) is 23.1 Å². The summed E-state index contributed by atoms with van der Waals surface area (Å²) < 4.78 is 0. The van der Waals surface area contributed by atoms with Crippen LogP contribution in [0.1, 0.15) is 16.5 Å². The molecule has 130 valence electrons. The lowest BCUT2D eigenvalue weighted by Crippen LogP contribution is -2.31. The fourth-order valence-corrected chi connectivity index (χ4v) is 3.36. The van der Waals surface area contributed by atoms with Crippen LogP contribution >= 0.6 is 11.3 Å². The van der Waals surface area contributed by atoms with E-state index in [1.165, 1.54) is 41.9 Å². The van der Waals surface area contributed by atoms with E-state index in [1.807, 2.05) is 13.0 Å². The van der Waals surface area contributed by atoms with E-state index in [-0.39, 0.29) is 12.3 Å². The maximum absolute atomic E-state index is 10.7. The molecule has 1 aromatic carbocycles. The first-order valence-electron chi connectivity index (χ1n) is 7.50. The Morgan fingerprint density at radius 3 is 2.68 bits per heavy atom. The van der Waals surface area contributed by atoms with Gasteiger partial charge in [-0.1, -0.05) is 0 Å². The lowest BCUT2D eigenvalue weighted by Gasteiger charge is -2.23. The van der Waals surface area contributed by atoms with E-state index in [4.69, 9.17) is 0 Å². The number of nitrogens with one attached hydrogen (secondary N) is 1. The van der Waals surface area contributed by atoms with Crippen LogP contribution in [0.25, 0.3) is 10.2 Å². The maximum atomic E-state index is 10.7. The molecule has 0 spiro atoms. The Hall–Kier alpha value is -2.62. The standard InChI is InChI=1S/C16H16N4O4S/c1-9-6-12-15(17-8-18-16(12)25-9)19-13(7-21)14(22)10-2-4-11(5-3-10)20(23)24/h2-6,8,13-14,21-22H,7H2,1H3,(H,17,18,19). The average Bonchev–Trinajstić information content (AvgIpc) is 3.00. The molecule has 3 aromatic rings. The molecule has 0 aliphatic rings. The van der Waals surface area contributed by atoms with Crippen LogP contribution in [-0.2, 0) is 0 Å². The summed E-state index contributed by atoms with van der Waals surface area (Å²) in [7, 11) is 0. The number of aryl methyl sites for hydroxylation is 1. The van der Waals surface area contributed by atoms with E-state index < -0.39 is 17.1 Å². The number of nitro groups is 1. The van der Waals surface area contributed by atoms with Gasteiger partial charge in [-0.15, -0.1) is 11.3 Å². The number of nitro benzene ring substituents is 1. The Kier molecular flexibility index (Phi) is 4.88. The molecule has 2 aromatic heterocycles. The van der Waals surface area contributed by atoms with E-state index >= 15 is 0 Å². The molecule has 8 nitrogen and oxygen atoms in total. The molecule has 25 heavy (non-hydrogen) atoms. The zero-order valence-electron chi connectivity index (χ0n) is 13.3. The van der Waals surface area contributed by atoms with Crippen molar-refractivity contribution >= 4 is 33.1 Å². The molecule has 3 N–H and O–H groups in total. The van der Waals surface area contributed by atoms with Gasteiger partial charge in [0, 0.05) is 17.0 Å². The minimum Gasteiger partial charge on any atom is -0.394 e. The second kappa shape index (κ2) is 7.09. The number of hydrogen-bond donors (Lipinski definition) is 3. The number of non-ortho nitro benzene ring substituents is 1. The van der Waals surface area contributed by atoms with Crippen molar-refractivity contribution in [3.63, 3.8) is 0 Å². The third kappa shape index (κ3) is 3.58. The van der Waals surface area contributed by atoms with Crippen LogP contribution in [0.15, 0.2) is 36.7 Å². The van der Waals surface area contributed by atoms with Crippen molar-refractivity contribution in [1.82, 2.24) is 9.97 Å². The van der Waals surface area contributed by atoms with Crippen molar-refractivity contribution < 1.29 is 15.1 Å². The topological polar surface area (TPSA) is 121 Å². The fourth-order valence-electron chi connectivity index (χ4n) is 2.52. The second-order valence-corrected chi connectivity index (χ2v) is 6.76. The highest BCUT2D eigenvalue weighted by Crippen LogP contribution is 2.29. The summed E-state index contributed by atoms with van der Waals surface area (Å²) in [6.45, 7) is 1.62. The molecule has 0 fully saturated rings. The normalized spacial score (nSPS) is 13.6. The number of fused-ring (bicyclic) bond motifs is 1. The molecular formula is C16H16N4O4S. The van der Waals surface area contributed by atoms with Crippen LogP contribution in [0.2, 0.25) is 0 Å². The van der Waals surface area contributed by atoms with Gasteiger partial charge in [0.15, 0.2) is 0 Å². The highest BCUT2D eigenvalue weighted by atomic mass is 32.1. The van der Waals surface area contributed by atoms with Gasteiger partial charge in [0.25, 0.3) is 5.69 Å². The number of rotatable bonds is 6. The molecule has 2 unspecified atom stereocenters. The molecule has 0 amide bonds. The Balaban J connectivity index is 1.84. The summed E-state index contributed by atoms with van der Waals surface area (Å²) in [5, 5.41) is 34.8. The number of hydrogen-bond acceptors (Lipinski definition) is 8. The largest absolute Gasteiger partial charge is 0.394 e. The van der Waals surface area contributed by atoms with Gasteiger partial charge >= 0.3 is 0 Å². The summed E-state index contributed by atoms with van der Waals surface area (Å²) in [4.78, 5) is 20.5. The van der Waals surface area contributed by atoms with E-state index in [0.717, 1.165) is 15.1 Å². The van der Waals surface area contributed by atoms with Crippen LogP contribution in [0.3, 0.4) is 0 Å². The van der Waals surface area contributed by atoms with Crippen LogP contribution in [0.4, 0.5) is 11.5 Å². The predicted molar refractivity (Wildman–Crippen MR) is 94.7 cm³/mol. The molecule has 0 saturated carbocycles. The molecule has 0 aliphatic carbocycles. The molecule has 0 saturated heterocycles. The fraction of sp³-hybridized carbons (Fsp3) is 0.250. The van der Waals surface area contributed by atoms with Gasteiger partial charge in [0.05, 0.1) is 23.0 Å². The molecule has 0 aliphatic heterocycles. The number of aromatic nitrogens is 2. The van der Waals surface area contributed by atoms with Crippen LogP contribution in [0, 0.1) is 17.0 Å². The molecule has 2 atom stereocenters. The van der Waals surface area contributed by atoms with E-state index in [1.54, 1.807) is 0 Å². The van der Waals surface area contributed by atoms with Crippen molar-refractivity contribution in [2.45, 2.75) is 19.1 Å². The van der Waals surface area contributed by atoms with E-state index in [9.17, 15) is 20.3 Å². The Morgan fingerprint density at radius 1 is 1.32 bits per heavy atom. The molecule has 9 heteroatoms. The third-order valence-corrected chi connectivity index (χ3v) is 4.76. The number of nitrogens with zero attached hydrogens (tertiary/aromatic N) is 3. The molecule has 3 rings (SSSR count). The summed E-state index contributed by atoms with van der Waals surface area (Å²) in [5.41, 5.74) is 0.402. The predicted octanol–water partition coefficient (Wildman–Crippen LogP) is 2.41. The smallest absolute Gasteiger partial charge is 0.269 e. The number of thiophene rings is 1. The average molecular weight is 360 g/mol. The molecule has 0 radical (unpaired) electrons. The first kappa shape index (κ1) is 17.2.